The second-order valence-corrected chi connectivity index (χ2v) is 3.90. The van der Waals surface area contributed by atoms with Crippen LogP contribution < -0.4 is 11.2 Å². The molecule has 0 bridgehead atoms. The first-order chi connectivity index (χ1) is 9.15. The molecule has 0 aliphatic rings. The molecule has 0 atom stereocenters. The highest BCUT2D eigenvalue weighted by atomic mass is 16.5. The van der Waals surface area contributed by atoms with Gasteiger partial charge in [-0.25, -0.2) is 5.48 Å². The Balaban J connectivity index is 2.71. The number of hydrogen-bond acceptors (Lipinski definition) is 3. The molecule has 0 spiro atoms. The molecule has 0 unspecified atom stereocenters. The smallest absolute Gasteiger partial charge is 0.276 e. The number of primary amides is 1. The van der Waals surface area contributed by atoms with E-state index in [0.717, 1.165) is 5.56 Å². The third-order valence-electron chi connectivity index (χ3n) is 2.74. The Morgan fingerprint density at radius 2 is 1.68 bits per heavy atom. The molecule has 4 N–H and O–H groups in total. The summed E-state index contributed by atoms with van der Waals surface area (Å²) >= 11 is 0. The Kier molecular flexibility index (Phi) is 3.58. The minimum atomic E-state index is -0.770. The second-order valence-electron chi connectivity index (χ2n) is 3.90. The quantitative estimate of drug-likeness (QED) is 0.575. The highest BCUT2D eigenvalue weighted by Gasteiger charge is 2.19. The fourth-order valence-corrected chi connectivity index (χ4v) is 1.92. The number of nitrogens with two attached hydrogens (primary N) is 1. The normalized spacial score (nSPS) is 9.95. The lowest BCUT2D eigenvalue weighted by Gasteiger charge is -2.11. The molecule has 2 aromatic carbocycles. The fraction of sp³-hybridized carbons (Fsp3) is 0. The topological polar surface area (TPSA) is 92.4 Å². The molecule has 2 aromatic rings. The first kappa shape index (κ1) is 12.8. The predicted octanol–water partition coefficient (Wildman–Crippen LogP) is 1.57. The van der Waals surface area contributed by atoms with Crippen molar-refractivity contribution >= 4 is 11.8 Å². The minimum Gasteiger partial charge on any atom is -0.366 e. The van der Waals surface area contributed by atoms with E-state index >= 15 is 0 Å². The van der Waals surface area contributed by atoms with Crippen LogP contribution in [0.2, 0.25) is 0 Å². The minimum absolute atomic E-state index is 0.0590. The van der Waals surface area contributed by atoms with Gasteiger partial charge in [-0.2, -0.15) is 0 Å². The maximum Gasteiger partial charge on any atom is 0.276 e. The summed E-state index contributed by atoms with van der Waals surface area (Å²) < 4.78 is 0. The number of benzene rings is 2. The lowest BCUT2D eigenvalue weighted by Crippen LogP contribution is -2.25. The summed E-state index contributed by atoms with van der Waals surface area (Å²) in [7, 11) is 0. The molecule has 0 heterocycles. The van der Waals surface area contributed by atoms with Crippen LogP contribution in [-0.2, 0) is 0 Å². The maximum atomic E-state index is 11.8. The Bertz CT molecular complexity index is 624. The Morgan fingerprint density at radius 1 is 1.00 bits per heavy atom. The van der Waals surface area contributed by atoms with E-state index in [4.69, 9.17) is 10.9 Å². The standard InChI is InChI=1S/C14H12N2O3/c15-13(17)11-8-4-7-10(12(11)14(18)16-19)9-5-2-1-3-6-9/h1-8,19H,(H2,15,17)(H,16,18). The summed E-state index contributed by atoms with van der Waals surface area (Å²) in [4.78, 5) is 23.2. The molecule has 2 rings (SSSR count). The van der Waals surface area contributed by atoms with Gasteiger partial charge < -0.3 is 5.73 Å². The lowest BCUT2D eigenvalue weighted by atomic mass is 9.94. The van der Waals surface area contributed by atoms with E-state index in [1.165, 1.54) is 11.5 Å². The van der Waals surface area contributed by atoms with Crippen LogP contribution in [0.15, 0.2) is 48.5 Å². The van der Waals surface area contributed by atoms with Gasteiger partial charge in [0, 0.05) is 0 Å². The van der Waals surface area contributed by atoms with Crippen molar-refractivity contribution in [2.24, 2.45) is 5.73 Å². The van der Waals surface area contributed by atoms with Crippen molar-refractivity contribution in [1.29, 1.82) is 0 Å². The Labute approximate surface area is 109 Å². The predicted molar refractivity (Wildman–Crippen MR) is 69.6 cm³/mol. The van der Waals surface area contributed by atoms with Crippen molar-refractivity contribution in [2.45, 2.75) is 0 Å². The van der Waals surface area contributed by atoms with Crippen LogP contribution in [0.1, 0.15) is 20.7 Å². The summed E-state index contributed by atoms with van der Waals surface area (Å²) in [5.74, 6) is -1.50. The molecular formula is C14H12N2O3. The van der Waals surface area contributed by atoms with Gasteiger partial charge in [0.05, 0.1) is 11.1 Å². The molecule has 96 valence electrons. The van der Waals surface area contributed by atoms with E-state index in [9.17, 15) is 9.59 Å². The van der Waals surface area contributed by atoms with Crippen LogP contribution in [0.3, 0.4) is 0 Å². The van der Waals surface area contributed by atoms with Crippen molar-refractivity contribution in [1.82, 2.24) is 5.48 Å². The first-order valence-corrected chi connectivity index (χ1v) is 5.58. The summed E-state index contributed by atoms with van der Waals surface area (Å²) in [6.07, 6.45) is 0. The third-order valence-corrected chi connectivity index (χ3v) is 2.74. The summed E-state index contributed by atoms with van der Waals surface area (Å²) in [6.45, 7) is 0. The van der Waals surface area contributed by atoms with Gasteiger partial charge in [0.1, 0.15) is 0 Å². The van der Waals surface area contributed by atoms with Gasteiger partial charge >= 0.3 is 0 Å². The zero-order valence-corrected chi connectivity index (χ0v) is 9.96. The van der Waals surface area contributed by atoms with E-state index in [1.807, 2.05) is 18.2 Å². The number of nitrogens with one attached hydrogen (secondary N) is 1. The SMILES string of the molecule is NC(=O)c1cccc(-c2ccccc2)c1C(=O)NO. The summed E-state index contributed by atoms with van der Waals surface area (Å²) in [5, 5.41) is 8.81. The number of carbonyl (C=O) groups excluding carboxylic acids is 2. The molecule has 5 heteroatoms. The number of hydrogen-bond donors (Lipinski definition) is 3. The van der Waals surface area contributed by atoms with E-state index in [1.54, 1.807) is 24.3 Å². The first-order valence-electron chi connectivity index (χ1n) is 5.58. The zero-order valence-electron chi connectivity index (χ0n) is 9.96. The highest BCUT2D eigenvalue weighted by molar-refractivity contribution is 6.10. The van der Waals surface area contributed by atoms with Gasteiger partial charge in [0.2, 0.25) is 5.91 Å². The molecule has 0 aliphatic carbocycles. The van der Waals surface area contributed by atoms with Gasteiger partial charge in [-0.3, -0.25) is 14.8 Å². The van der Waals surface area contributed by atoms with Gasteiger partial charge in [0.15, 0.2) is 0 Å². The number of amides is 2. The van der Waals surface area contributed by atoms with Crippen molar-refractivity contribution in [3.63, 3.8) is 0 Å². The average Bonchev–Trinajstić information content (AvgIpc) is 2.46. The largest absolute Gasteiger partial charge is 0.366 e. The van der Waals surface area contributed by atoms with Crippen molar-refractivity contribution < 1.29 is 14.8 Å². The van der Waals surface area contributed by atoms with Crippen molar-refractivity contribution in [3.05, 3.63) is 59.7 Å². The molecule has 0 fully saturated rings. The average molecular weight is 256 g/mol. The molecule has 19 heavy (non-hydrogen) atoms. The molecule has 0 saturated heterocycles. The fourth-order valence-electron chi connectivity index (χ4n) is 1.92. The van der Waals surface area contributed by atoms with Gasteiger partial charge in [0.25, 0.3) is 5.91 Å². The zero-order chi connectivity index (χ0) is 13.8. The van der Waals surface area contributed by atoms with E-state index in [-0.39, 0.29) is 11.1 Å². The van der Waals surface area contributed by atoms with Crippen LogP contribution in [0.4, 0.5) is 0 Å². The van der Waals surface area contributed by atoms with Crippen LogP contribution in [0.5, 0.6) is 0 Å². The van der Waals surface area contributed by atoms with Gasteiger partial charge in [-0.1, -0.05) is 42.5 Å². The number of hydroxylamine groups is 1. The van der Waals surface area contributed by atoms with E-state index < -0.39 is 11.8 Å². The third kappa shape index (κ3) is 2.46. The molecule has 0 saturated carbocycles. The summed E-state index contributed by atoms with van der Waals surface area (Å²) in [5.41, 5.74) is 8.20. The van der Waals surface area contributed by atoms with Crippen LogP contribution in [0, 0.1) is 0 Å². The molecule has 0 aliphatic heterocycles. The molecule has 0 radical (unpaired) electrons. The molecule has 2 amide bonds. The number of rotatable bonds is 3. The van der Waals surface area contributed by atoms with Crippen LogP contribution in [-0.4, -0.2) is 17.0 Å². The number of carbonyl (C=O) groups is 2. The second kappa shape index (κ2) is 5.32. The van der Waals surface area contributed by atoms with Crippen molar-refractivity contribution in [2.75, 3.05) is 0 Å². The van der Waals surface area contributed by atoms with Gasteiger partial charge in [-0.05, 0) is 17.2 Å². The lowest BCUT2D eigenvalue weighted by molar-refractivity contribution is 0.0703. The molecular weight excluding hydrogens is 244 g/mol. The van der Waals surface area contributed by atoms with E-state index in [0.29, 0.717) is 5.56 Å². The van der Waals surface area contributed by atoms with Crippen molar-refractivity contribution in [3.8, 4) is 11.1 Å². The molecule has 5 nitrogen and oxygen atoms in total. The summed E-state index contributed by atoms with van der Waals surface area (Å²) in [6, 6.07) is 13.8. The highest BCUT2D eigenvalue weighted by Crippen LogP contribution is 2.26. The van der Waals surface area contributed by atoms with Crippen LogP contribution in [0.25, 0.3) is 11.1 Å². The monoisotopic (exact) mass is 256 g/mol. The Morgan fingerprint density at radius 3 is 2.26 bits per heavy atom. The molecule has 0 aromatic heterocycles. The van der Waals surface area contributed by atoms with Crippen LogP contribution >= 0.6 is 0 Å². The Hall–Kier alpha value is -2.66. The van der Waals surface area contributed by atoms with E-state index in [2.05, 4.69) is 0 Å². The maximum absolute atomic E-state index is 11.8. The van der Waals surface area contributed by atoms with Gasteiger partial charge in [-0.15, -0.1) is 0 Å².